The summed E-state index contributed by atoms with van der Waals surface area (Å²) >= 11 is 0. The number of rotatable bonds is 9. The van der Waals surface area contributed by atoms with E-state index in [1.54, 1.807) is 20.8 Å². The molecular formula is C28H36F4N4O5S. The van der Waals surface area contributed by atoms with Crippen LogP contribution in [-0.4, -0.2) is 60.0 Å². The minimum atomic E-state index is -4.94. The summed E-state index contributed by atoms with van der Waals surface area (Å²) in [6.45, 7) is 10.5. The Morgan fingerprint density at radius 1 is 1.17 bits per heavy atom. The number of halogens is 4. The molecule has 42 heavy (non-hydrogen) atoms. The van der Waals surface area contributed by atoms with Gasteiger partial charge < -0.3 is 15.5 Å². The third kappa shape index (κ3) is 6.00. The highest BCUT2D eigenvalue weighted by Crippen LogP contribution is 2.47. The van der Waals surface area contributed by atoms with Crippen LogP contribution < -0.4 is 15.4 Å². The fourth-order valence-corrected chi connectivity index (χ4v) is 6.55. The average molecular weight is 617 g/mol. The Hall–Kier alpha value is -3.16. The molecule has 0 bridgehead atoms. The molecule has 3 amide bonds. The lowest BCUT2D eigenvalue weighted by atomic mass is 9.85. The topological polar surface area (TPSA) is 125 Å². The Bertz CT molecular complexity index is 1400. The molecule has 232 valence electrons. The van der Waals surface area contributed by atoms with Crippen LogP contribution in [0.15, 0.2) is 30.9 Å². The van der Waals surface area contributed by atoms with E-state index in [0.717, 1.165) is 6.07 Å². The maximum atomic E-state index is 13.8. The molecule has 9 nitrogen and oxygen atoms in total. The van der Waals surface area contributed by atoms with Crippen LogP contribution in [0.1, 0.15) is 65.4 Å². The van der Waals surface area contributed by atoms with Crippen molar-refractivity contribution in [3.8, 4) is 0 Å². The minimum absolute atomic E-state index is 0.120. The van der Waals surface area contributed by atoms with Crippen LogP contribution in [0.2, 0.25) is 0 Å². The van der Waals surface area contributed by atoms with E-state index in [-0.39, 0.29) is 25.1 Å². The number of hydrogen-bond acceptors (Lipinski definition) is 6. The van der Waals surface area contributed by atoms with E-state index in [2.05, 4.69) is 21.9 Å². The lowest BCUT2D eigenvalue weighted by molar-refractivity contribution is -0.141. The second-order valence-corrected chi connectivity index (χ2v) is 14.9. The highest BCUT2D eigenvalue weighted by atomic mass is 32.2. The van der Waals surface area contributed by atoms with Gasteiger partial charge in [0.15, 0.2) is 0 Å². The van der Waals surface area contributed by atoms with Crippen molar-refractivity contribution in [2.45, 2.75) is 88.3 Å². The number of likely N-dealkylation sites (tertiary alicyclic amines) is 1. The predicted molar refractivity (Wildman–Crippen MR) is 147 cm³/mol. The van der Waals surface area contributed by atoms with Crippen molar-refractivity contribution >= 4 is 33.4 Å². The van der Waals surface area contributed by atoms with Gasteiger partial charge in [0.2, 0.25) is 21.8 Å². The van der Waals surface area contributed by atoms with Crippen molar-refractivity contribution < 1.29 is 40.4 Å². The van der Waals surface area contributed by atoms with Crippen LogP contribution >= 0.6 is 0 Å². The van der Waals surface area contributed by atoms with Gasteiger partial charge in [-0.2, -0.15) is 13.2 Å². The van der Waals surface area contributed by atoms with E-state index < -0.39 is 79.0 Å². The Labute approximate surface area is 242 Å². The molecular weight excluding hydrogens is 580 g/mol. The molecule has 1 aromatic rings. The Morgan fingerprint density at radius 3 is 2.33 bits per heavy atom. The molecule has 0 spiro atoms. The summed E-state index contributed by atoms with van der Waals surface area (Å²) in [4.78, 5) is 41.8. The number of anilines is 1. The van der Waals surface area contributed by atoms with Gasteiger partial charge in [-0.25, -0.2) is 12.8 Å². The summed E-state index contributed by atoms with van der Waals surface area (Å²) in [5.41, 5.74) is -3.97. The minimum Gasteiger partial charge on any atom is -0.373 e. The molecule has 4 rings (SSSR count). The summed E-state index contributed by atoms with van der Waals surface area (Å²) < 4.78 is 80.2. The Balaban J connectivity index is 1.53. The van der Waals surface area contributed by atoms with Gasteiger partial charge in [0.25, 0.3) is 5.91 Å². The van der Waals surface area contributed by atoms with Crippen molar-refractivity contribution in [2.24, 2.45) is 11.3 Å². The normalized spacial score (nSPS) is 25.8. The van der Waals surface area contributed by atoms with Gasteiger partial charge in [-0.3, -0.25) is 19.1 Å². The number of alkyl halides is 3. The molecule has 3 unspecified atom stereocenters. The van der Waals surface area contributed by atoms with Crippen LogP contribution in [0.25, 0.3) is 0 Å². The van der Waals surface area contributed by atoms with Crippen LogP contribution in [0, 0.1) is 17.2 Å². The maximum absolute atomic E-state index is 13.8. The molecule has 0 radical (unpaired) electrons. The number of amides is 3. The van der Waals surface area contributed by atoms with E-state index in [1.165, 1.54) is 17.9 Å². The first-order chi connectivity index (χ1) is 19.3. The molecule has 1 heterocycles. The molecule has 3 fully saturated rings. The molecule has 1 saturated heterocycles. The summed E-state index contributed by atoms with van der Waals surface area (Å²) in [7, 11) is -3.96. The summed E-state index contributed by atoms with van der Waals surface area (Å²) in [6.07, 6.45) is -1.80. The van der Waals surface area contributed by atoms with E-state index >= 15 is 0 Å². The van der Waals surface area contributed by atoms with Gasteiger partial charge in [0.1, 0.15) is 23.4 Å². The third-order valence-corrected chi connectivity index (χ3v) is 10.6. The Kier molecular flexibility index (Phi) is 7.96. The van der Waals surface area contributed by atoms with Gasteiger partial charge >= 0.3 is 6.18 Å². The molecule has 1 aliphatic heterocycles. The van der Waals surface area contributed by atoms with E-state index in [4.69, 9.17) is 0 Å². The van der Waals surface area contributed by atoms with Crippen LogP contribution in [0.5, 0.6) is 0 Å². The monoisotopic (exact) mass is 616 g/mol. The quantitative estimate of drug-likeness (QED) is 0.287. The second-order valence-electron chi connectivity index (χ2n) is 12.7. The molecule has 0 aromatic heterocycles. The van der Waals surface area contributed by atoms with Gasteiger partial charge in [0.05, 0.1) is 10.3 Å². The van der Waals surface area contributed by atoms with Crippen molar-refractivity contribution in [1.82, 2.24) is 14.9 Å². The molecule has 2 aliphatic carbocycles. The van der Waals surface area contributed by atoms with Gasteiger partial charge in [-0.1, -0.05) is 26.8 Å². The average Bonchev–Trinajstić information content (AvgIpc) is 3.74. The zero-order valence-electron chi connectivity index (χ0n) is 23.9. The van der Waals surface area contributed by atoms with Crippen molar-refractivity contribution in [2.75, 3.05) is 11.9 Å². The molecule has 3 N–H and O–H groups in total. The van der Waals surface area contributed by atoms with Gasteiger partial charge in [0, 0.05) is 18.2 Å². The van der Waals surface area contributed by atoms with Crippen molar-refractivity contribution in [1.29, 1.82) is 0 Å². The molecule has 2 saturated carbocycles. The zero-order chi connectivity index (χ0) is 31.5. The smallest absolute Gasteiger partial charge is 0.373 e. The number of benzene rings is 1. The van der Waals surface area contributed by atoms with Gasteiger partial charge in [-0.15, -0.1) is 6.58 Å². The fourth-order valence-electron chi connectivity index (χ4n) is 5.23. The number of carbonyl (C=O) groups excluding carboxylic acids is 3. The summed E-state index contributed by atoms with van der Waals surface area (Å²) in [5.74, 6) is -4.03. The molecule has 3 aliphatic rings. The second kappa shape index (κ2) is 10.5. The lowest BCUT2D eigenvalue weighted by Crippen LogP contribution is -2.59. The molecule has 4 atom stereocenters. The van der Waals surface area contributed by atoms with Gasteiger partial charge in [-0.05, 0) is 62.6 Å². The third-order valence-electron chi connectivity index (χ3n) is 8.41. The maximum Gasteiger partial charge on any atom is 0.419 e. The number of nitrogens with zero attached hydrogens (tertiary/aromatic N) is 1. The highest BCUT2D eigenvalue weighted by Gasteiger charge is 2.62. The number of sulfonamides is 1. The van der Waals surface area contributed by atoms with E-state index in [0.29, 0.717) is 31.4 Å². The largest absolute Gasteiger partial charge is 0.419 e. The van der Waals surface area contributed by atoms with Crippen LogP contribution in [0.3, 0.4) is 0 Å². The standard InChI is InChI=1S/C28H36F4N4O5S/c1-6-16-15-27(16,24(39)35-42(40,41)26(5)11-12-26)34-22(37)20-8-7-13-36(20)23(38)21(25(2,3)4)33-17-9-10-19(29)18(14-17)28(30,31)32/h6,9-10,14,16,20-21,33H,1,7-8,11-13,15H2,2-5H3,(H,34,37)(H,35,39)/t16?,20?,21?,27-/m1/s1. The van der Waals surface area contributed by atoms with Crippen molar-refractivity contribution in [3.05, 3.63) is 42.2 Å². The first kappa shape index (κ1) is 31.8. The zero-order valence-corrected chi connectivity index (χ0v) is 24.7. The first-order valence-corrected chi connectivity index (χ1v) is 15.2. The van der Waals surface area contributed by atoms with Crippen LogP contribution in [0.4, 0.5) is 23.2 Å². The first-order valence-electron chi connectivity index (χ1n) is 13.7. The van der Waals surface area contributed by atoms with E-state index in [9.17, 15) is 40.4 Å². The summed E-state index contributed by atoms with van der Waals surface area (Å²) in [5, 5.41) is 5.48. The molecule has 14 heteroatoms. The number of carbonyl (C=O) groups is 3. The fraction of sp³-hybridized carbons (Fsp3) is 0.607. The van der Waals surface area contributed by atoms with Crippen LogP contribution in [-0.2, 0) is 30.6 Å². The Morgan fingerprint density at radius 2 is 1.81 bits per heavy atom. The molecule has 1 aromatic carbocycles. The van der Waals surface area contributed by atoms with Crippen molar-refractivity contribution in [3.63, 3.8) is 0 Å². The number of nitrogens with one attached hydrogen (secondary N) is 3. The van der Waals surface area contributed by atoms with E-state index in [1.807, 2.05) is 0 Å². The highest BCUT2D eigenvalue weighted by molar-refractivity contribution is 7.91. The predicted octanol–water partition coefficient (Wildman–Crippen LogP) is 3.72. The summed E-state index contributed by atoms with van der Waals surface area (Å²) in [6, 6.07) is 0.265. The number of hydrogen-bond donors (Lipinski definition) is 3. The SMILES string of the molecule is C=CC1C[C@]1(NC(=O)C1CCCN1C(=O)C(Nc1ccc(F)c(C(F)(F)F)c1)C(C)(C)C)C(=O)NS(=O)(=O)C1(C)CC1. The lowest BCUT2D eigenvalue weighted by Gasteiger charge is -2.36.